The third kappa shape index (κ3) is 8.50. The van der Waals surface area contributed by atoms with Crippen LogP contribution < -0.4 is 27.8 Å². The van der Waals surface area contributed by atoms with Crippen molar-refractivity contribution in [2.45, 2.75) is 56.3 Å². The van der Waals surface area contributed by atoms with E-state index < -0.39 is 54.5 Å². The van der Waals surface area contributed by atoms with E-state index in [-0.39, 0.29) is 31.9 Å². The summed E-state index contributed by atoms with van der Waals surface area (Å²) in [6, 6.07) is 4.76. The van der Waals surface area contributed by atoms with Crippen LogP contribution in [0.2, 0.25) is 0 Å². The maximum absolute atomic E-state index is 13.1. The van der Waals surface area contributed by atoms with Crippen molar-refractivity contribution in [3.05, 3.63) is 35.9 Å². The zero-order chi connectivity index (χ0) is 26.7. The van der Waals surface area contributed by atoms with E-state index in [1.807, 2.05) is 30.3 Å². The second-order valence-corrected chi connectivity index (χ2v) is 8.58. The molecule has 1 fully saturated rings. The Labute approximate surface area is 209 Å². The Balaban J connectivity index is 1.97. The fraction of sp³-hybridized carbons (Fsp3) is 0.522. The minimum absolute atomic E-state index is 0.0904. The van der Waals surface area contributed by atoms with Crippen LogP contribution >= 0.6 is 0 Å². The molecule has 1 aliphatic rings. The van der Waals surface area contributed by atoms with Gasteiger partial charge in [-0.05, 0) is 37.7 Å². The molecule has 13 heteroatoms. The van der Waals surface area contributed by atoms with Crippen LogP contribution in [-0.4, -0.2) is 88.6 Å². The predicted octanol–water partition coefficient (Wildman–Crippen LogP) is -2.35. The third-order valence-electron chi connectivity index (χ3n) is 5.83. The standard InChI is InChI=1S/C23H35N7O6/c24-15(12-14-6-2-1-3-7-14)19(32)29-17(13-31)21(34)30-11-5-9-18(30)20(33)28-16(22(35)36)8-4-10-27-23(25)26/h1-3,6-7,15-18,31H,4-5,8-13,24H2,(H,28,33)(H,29,32)(H,35,36)(H4,25,26,27). The monoisotopic (exact) mass is 505 g/mol. The fourth-order valence-electron chi connectivity index (χ4n) is 3.96. The molecule has 4 atom stereocenters. The van der Waals surface area contributed by atoms with E-state index >= 15 is 0 Å². The highest BCUT2D eigenvalue weighted by molar-refractivity contribution is 5.94. The van der Waals surface area contributed by atoms with Gasteiger partial charge in [0.1, 0.15) is 18.1 Å². The molecule has 198 valence electrons. The van der Waals surface area contributed by atoms with Crippen LogP contribution in [0, 0.1) is 0 Å². The van der Waals surface area contributed by atoms with E-state index in [1.165, 1.54) is 4.90 Å². The van der Waals surface area contributed by atoms with E-state index in [2.05, 4.69) is 15.6 Å². The summed E-state index contributed by atoms with van der Waals surface area (Å²) in [4.78, 5) is 55.1. The van der Waals surface area contributed by atoms with Crippen molar-refractivity contribution in [1.29, 1.82) is 0 Å². The first-order valence-corrected chi connectivity index (χ1v) is 11.7. The zero-order valence-electron chi connectivity index (χ0n) is 20.0. The Morgan fingerprint density at radius 2 is 1.81 bits per heavy atom. The number of rotatable bonds is 13. The summed E-state index contributed by atoms with van der Waals surface area (Å²) >= 11 is 0. The average Bonchev–Trinajstić information content (AvgIpc) is 3.34. The van der Waals surface area contributed by atoms with E-state index in [4.69, 9.17) is 17.2 Å². The summed E-state index contributed by atoms with van der Waals surface area (Å²) in [5.74, 6) is -3.22. The van der Waals surface area contributed by atoms with Gasteiger partial charge in [-0.25, -0.2) is 4.79 Å². The Morgan fingerprint density at radius 3 is 2.42 bits per heavy atom. The number of nitrogens with two attached hydrogens (primary N) is 3. The molecule has 0 aliphatic carbocycles. The lowest BCUT2D eigenvalue weighted by Crippen LogP contribution is -2.58. The number of carbonyl (C=O) groups is 4. The number of benzene rings is 1. The number of hydrogen-bond donors (Lipinski definition) is 7. The number of guanidine groups is 1. The molecule has 0 aromatic heterocycles. The van der Waals surface area contributed by atoms with Gasteiger partial charge >= 0.3 is 5.97 Å². The highest BCUT2D eigenvalue weighted by Gasteiger charge is 2.39. The van der Waals surface area contributed by atoms with Crippen molar-refractivity contribution < 1.29 is 29.4 Å². The number of carbonyl (C=O) groups excluding carboxylic acids is 3. The first-order valence-electron chi connectivity index (χ1n) is 11.7. The Morgan fingerprint density at radius 1 is 1.11 bits per heavy atom. The minimum Gasteiger partial charge on any atom is -0.480 e. The maximum atomic E-state index is 13.1. The number of aliphatic hydroxyl groups is 1. The number of carboxylic acid groups (broad SMARTS) is 1. The van der Waals surface area contributed by atoms with Crippen molar-refractivity contribution >= 4 is 29.7 Å². The minimum atomic E-state index is -1.29. The molecule has 1 aromatic rings. The molecule has 2 rings (SSSR count). The lowest BCUT2D eigenvalue weighted by Gasteiger charge is -2.29. The highest BCUT2D eigenvalue weighted by Crippen LogP contribution is 2.19. The SMILES string of the molecule is NC(N)=NCCCC(NC(=O)C1CCCN1C(=O)C(CO)NC(=O)C(N)Cc1ccccc1)C(=O)O. The number of nitrogens with one attached hydrogen (secondary N) is 2. The highest BCUT2D eigenvalue weighted by atomic mass is 16.4. The molecule has 10 N–H and O–H groups in total. The van der Waals surface area contributed by atoms with Crippen LogP contribution in [0.5, 0.6) is 0 Å². The van der Waals surface area contributed by atoms with E-state index in [0.717, 1.165) is 5.56 Å². The first kappa shape index (κ1) is 28.5. The topological polar surface area (TPSA) is 226 Å². The third-order valence-corrected chi connectivity index (χ3v) is 5.83. The fourth-order valence-corrected chi connectivity index (χ4v) is 3.96. The molecule has 0 saturated carbocycles. The van der Waals surface area contributed by atoms with Crippen LogP contribution in [0.3, 0.4) is 0 Å². The lowest BCUT2D eigenvalue weighted by atomic mass is 10.1. The summed E-state index contributed by atoms with van der Waals surface area (Å²) in [5.41, 5.74) is 17.3. The molecule has 3 amide bonds. The van der Waals surface area contributed by atoms with Gasteiger partial charge in [-0.1, -0.05) is 30.3 Å². The summed E-state index contributed by atoms with van der Waals surface area (Å²) < 4.78 is 0. The van der Waals surface area contributed by atoms with Crippen molar-refractivity contribution in [3.8, 4) is 0 Å². The van der Waals surface area contributed by atoms with Crippen LogP contribution in [0.4, 0.5) is 0 Å². The van der Waals surface area contributed by atoms with Crippen LogP contribution in [0.25, 0.3) is 0 Å². The summed E-state index contributed by atoms with van der Waals surface area (Å²) in [5, 5.41) is 24.2. The summed E-state index contributed by atoms with van der Waals surface area (Å²) in [6.07, 6.45) is 1.48. The van der Waals surface area contributed by atoms with Gasteiger partial charge in [0.25, 0.3) is 0 Å². The van der Waals surface area contributed by atoms with Crippen molar-refractivity contribution in [2.24, 2.45) is 22.2 Å². The van der Waals surface area contributed by atoms with Gasteiger partial charge < -0.3 is 42.9 Å². The Bertz CT molecular complexity index is 938. The first-order chi connectivity index (χ1) is 17.1. The number of hydrogen-bond acceptors (Lipinski definition) is 7. The molecule has 13 nitrogen and oxygen atoms in total. The van der Waals surface area contributed by atoms with Gasteiger partial charge in [0, 0.05) is 13.1 Å². The molecule has 0 bridgehead atoms. The molecule has 36 heavy (non-hydrogen) atoms. The quantitative estimate of drug-likeness (QED) is 0.0863. The molecular formula is C23H35N7O6. The Hall–Kier alpha value is -3.71. The van der Waals surface area contributed by atoms with E-state index in [0.29, 0.717) is 19.3 Å². The lowest BCUT2D eigenvalue weighted by molar-refractivity contribution is -0.145. The van der Waals surface area contributed by atoms with Crippen molar-refractivity contribution in [1.82, 2.24) is 15.5 Å². The van der Waals surface area contributed by atoms with E-state index in [9.17, 15) is 29.4 Å². The molecule has 1 saturated heterocycles. The number of nitrogens with zero attached hydrogens (tertiary/aromatic N) is 2. The van der Waals surface area contributed by atoms with Gasteiger partial charge in [-0.15, -0.1) is 0 Å². The smallest absolute Gasteiger partial charge is 0.326 e. The molecule has 1 heterocycles. The van der Waals surface area contributed by atoms with Gasteiger partial charge in [0.15, 0.2) is 5.96 Å². The largest absolute Gasteiger partial charge is 0.480 e. The second kappa shape index (κ2) is 14.0. The Kier molecular flexibility index (Phi) is 11.1. The van der Waals surface area contributed by atoms with E-state index in [1.54, 1.807) is 0 Å². The predicted molar refractivity (Wildman–Crippen MR) is 131 cm³/mol. The number of aliphatic carboxylic acids is 1. The number of likely N-dealkylation sites (tertiary alicyclic amines) is 1. The summed E-state index contributed by atoms with van der Waals surface area (Å²) in [7, 11) is 0. The van der Waals surface area contributed by atoms with Gasteiger partial charge in [0.2, 0.25) is 17.7 Å². The molecule has 1 aliphatic heterocycles. The van der Waals surface area contributed by atoms with Gasteiger partial charge in [-0.2, -0.15) is 0 Å². The molecule has 1 aromatic carbocycles. The number of amides is 3. The van der Waals surface area contributed by atoms with Crippen LogP contribution in [0.1, 0.15) is 31.2 Å². The molecule has 0 spiro atoms. The number of aliphatic hydroxyl groups excluding tert-OH is 1. The zero-order valence-corrected chi connectivity index (χ0v) is 20.0. The summed E-state index contributed by atoms with van der Waals surface area (Å²) in [6.45, 7) is -0.252. The molecular weight excluding hydrogens is 470 g/mol. The number of carboxylic acids is 1. The average molecular weight is 506 g/mol. The number of aliphatic imine (C=N–C) groups is 1. The molecule has 0 radical (unpaired) electrons. The second-order valence-electron chi connectivity index (χ2n) is 8.58. The van der Waals surface area contributed by atoms with Crippen molar-refractivity contribution in [2.75, 3.05) is 19.7 Å². The van der Waals surface area contributed by atoms with Gasteiger partial charge in [-0.3, -0.25) is 19.4 Å². The van der Waals surface area contributed by atoms with Crippen LogP contribution in [-0.2, 0) is 25.6 Å². The van der Waals surface area contributed by atoms with Gasteiger partial charge in [0.05, 0.1) is 12.6 Å². The maximum Gasteiger partial charge on any atom is 0.326 e. The van der Waals surface area contributed by atoms with Crippen LogP contribution in [0.15, 0.2) is 35.3 Å². The van der Waals surface area contributed by atoms with Crippen molar-refractivity contribution in [3.63, 3.8) is 0 Å². The molecule has 4 unspecified atom stereocenters. The normalized spacial score (nSPS) is 17.5.